The van der Waals surface area contributed by atoms with Gasteiger partial charge in [0.2, 0.25) is 0 Å². The van der Waals surface area contributed by atoms with Crippen molar-refractivity contribution in [3.05, 3.63) is 0 Å². The highest BCUT2D eigenvalue weighted by Crippen LogP contribution is 2.24. The highest BCUT2D eigenvalue weighted by atomic mass is 28.4. The molecule has 0 aromatic rings. The maximum absolute atomic E-state index is 11.1. The van der Waals surface area contributed by atoms with E-state index in [0.29, 0.717) is 19.6 Å². The molecule has 1 aliphatic rings. The molecule has 0 N–H and O–H groups in total. The van der Waals surface area contributed by atoms with Gasteiger partial charge in [0, 0.05) is 25.7 Å². The fourth-order valence-electron chi connectivity index (χ4n) is 1.41. The molecular weight excluding hydrogens is 188 g/mol. The van der Waals surface area contributed by atoms with E-state index in [4.69, 9.17) is 13.3 Å². The van der Waals surface area contributed by atoms with Gasteiger partial charge in [-0.3, -0.25) is 4.79 Å². The molecular formula is C8H16O4Si. The molecule has 1 fully saturated rings. The molecule has 0 spiro atoms. The Hall–Kier alpha value is -0.393. The summed E-state index contributed by atoms with van der Waals surface area (Å²) < 4.78 is 16.1. The van der Waals surface area contributed by atoms with Crippen LogP contribution in [0.15, 0.2) is 0 Å². The van der Waals surface area contributed by atoms with Gasteiger partial charge in [-0.15, -0.1) is 0 Å². The van der Waals surface area contributed by atoms with Crippen LogP contribution in [0.5, 0.6) is 0 Å². The van der Waals surface area contributed by atoms with Crippen LogP contribution in [0, 0.1) is 0 Å². The summed E-state index contributed by atoms with van der Waals surface area (Å²) in [5, 5.41) is 0. The second-order valence-electron chi connectivity index (χ2n) is 2.88. The zero-order chi connectivity index (χ0) is 9.73. The zero-order valence-electron chi connectivity index (χ0n) is 8.17. The Labute approximate surface area is 79.5 Å². The second kappa shape index (κ2) is 4.73. The normalized spacial score (nSPS) is 21.2. The van der Waals surface area contributed by atoms with Gasteiger partial charge in [0.15, 0.2) is 0 Å². The third kappa shape index (κ3) is 2.79. The summed E-state index contributed by atoms with van der Waals surface area (Å²) in [5.74, 6) is -0.181. The maximum Gasteiger partial charge on any atom is 0.567 e. The van der Waals surface area contributed by atoms with E-state index >= 15 is 0 Å². The Balaban J connectivity index is 2.58. The molecule has 1 rings (SSSR count). The minimum atomic E-state index is -2.60. The topological polar surface area (TPSA) is 44.8 Å². The Morgan fingerprint density at radius 2 is 2.00 bits per heavy atom. The third-order valence-electron chi connectivity index (χ3n) is 1.86. The molecule has 0 unspecified atom stereocenters. The van der Waals surface area contributed by atoms with Crippen LogP contribution < -0.4 is 0 Å². The fourth-order valence-corrected chi connectivity index (χ4v) is 3.94. The standard InChI is InChI=1S/C8H16O4Si/c1-3-10-13(11-4-2)7-5-6-8(9)12-13/h3-7H2,1-2H3. The van der Waals surface area contributed by atoms with Crippen molar-refractivity contribution in [1.82, 2.24) is 0 Å². The van der Waals surface area contributed by atoms with Crippen LogP contribution in [0.3, 0.4) is 0 Å². The first kappa shape index (κ1) is 10.7. The van der Waals surface area contributed by atoms with Crippen LogP contribution in [0.2, 0.25) is 6.04 Å². The molecule has 0 radical (unpaired) electrons. The molecule has 0 saturated carbocycles. The van der Waals surface area contributed by atoms with Gasteiger partial charge in [-0.1, -0.05) is 0 Å². The van der Waals surface area contributed by atoms with E-state index in [1.54, 1.807) is 0 Å². The fraction of sp³-hybridized carbons (Fsp3) is 0.875. The van der Waals surface area contributed by atoms with Crippen molar-refractivity contribution in [3.8, 4) is 0 Å². The van der Waals surface area contributed by atoms with Gasteiger partial charge >= 0.3 is 8.80 Å². The van der Waals surface area contributed by atoms with E-state index in [-0.39, 0.29) is 5.97 Å². The van der Waals surface area contributed by atoms with E-state index in [9.17, 15) is 4.79 Å². The van der Waals surface area contributed by atoms with E-state index in [1.165, 1.54) is 0 Å². The Bertz CT molecular complexity index is 171. The quantitative estimate of drug-likeness (QED) is 0.648. The van der Waals surface area contributed by atoms with Crippen molar-refractivity contribution in [1.29, 1.82) is 0 Å². The predicted molar refractivity (Wildman–Crippen MR) is 49.1 cm³/mol. The molecule has 0 atom stereocenters. The summed E-state index contributed by atoms with van der Waals surface area (Å²) in [6.07, 6.45) is 1.32. The minimum absolute atomic E-state index is 0.181. The molecule has 0 bridgehead atoms. The Morgan fingerprint density at radius 1 is 1.38 bits per heavy atom. The molecule has 13 heavy (non-hydrogen) atoms. The highest BCUT2D eigenvalue weighted by molar-refractivity contribution is 6.62. The Kier molecular flexibility index (Phi) is 3.89. The van der Waals surface area contributed by atoms with Gasteiger partial charge in [-0.2, -0.15) is 0 Å². The smallest absolute Gasteiger partial charge is 0.473 e. The van der Waals surface area contributed by atoms with Crippen LogP contribution >= 0.6 is 0 Å². The van der Waals surface area contributed by atoms with Gasteiger partial charge in [0.1, 0.15) is 0 Å². The first-order chi connectivity index (χ1) is 6.22. The highest BCUT2D eigenvalue weighted by Gasteiger charge is 2.46. The van der Waals surface area contributed by atoms with E-state index in [0.717, 1.165) is 12.5 Å². The van der Waals surface area contributed by atoms with Gasteiger partial charge in [0.05, 0.1) is 0 Å². The molecule has 1 saturated heterocycles. The van der Waals surface area contributed by atoms with Gasteiger partial charge < -0.3 is 13.3 Å². The predicted octanol–water partition coefficient (Wildman–Crippen LogP) is 1.34. The van der Waals surface area contributed by atoms with Crippen LogP contribution in [-0.4, -0.2) is 28.0 Å². The molecule has 0 aromatic heterocycles. The van der Waals surface area contributed by atoms with Crippen molar-refractivity contribution in [3.63, 3.8) is 0 Å². The summed E-state index contributed by atoms with van der Waals surface area (Å²) in [5.41, 5.74) is 0. The molecule has 1 aliphatic heterocycles. The van der Waals surface area contributed by atoms with Crippen molar-refractivity contribution >= 4 is 14.8 Å². The molecule has 0 aromatic carbocycles. The molecule has 76 valence electrons. The largest absolute Gasteiger partial charge is 0.567 e. The van der Waals surface area contributed by atoms with Gasteiger partial charge in [-0.05, 0) is 20.3 Å². The minimum Gasteiger partial charge on any atom is -0.473 e. The first-order valence-corrected chi connectivity index (χ1v) is 6.65. The number of carbonyl (C=O) groups is 1. The summed E-state index contributed by atoms with van der Waals surface area (Å²) in [6, 6.07) is 0.764. The van der Waals surface area contributed by atoms with Gasteiger partial charge in [0.25, 0.3) is 5.97 Å². The van der Waals surface area contributed by atoms with Gasteiger partial charge in [-0.25, -0.2) is 0 Å². The average molecular weight is 204 g/mol. The zero-order valence-corrected chi connectivity index (χ0v) is 9.17. The lowest BCUT2D eigenvalue weighted by molar-refractivity contribution is -0.141. The number of carbonyl (C=O) groups excluding carboxylic acids is 1. The van der Waals surface area contributed by atoms with E-state index in [1.807, 2.05) is 13.8 Å². The maximum atomic E-state index is 11.1. The summed E-state index contributed by atoms with van der Waals surface area (Å²) in [4.78, 5) is 11.1. The molecule has 0 amide bonds. The second-order valence-corrected chi connectivity index (χ2v) is 5.52. The monoisotopic (exact) mass is 204 g/mol. The van der Waals surface area contributed by atoms with Crippen molar-refractivity contribution in [2.45, 2.75) is 32.7 Å². The molecule has 4 nitrogen and oxygen atoms in total. The van der Waals surface area contributed by atoms with Crippen LogP contribution in [-0.2, 0) is 18.1 Å². The lowest BCUT2D eigenvalue weighted by atomic mass is 10.3. The van der Waals surface area contributed by atoms with Crippen LogP contribution in [0.4, 0.5) is 0 Å². The lowest BCUT2D eigenvalue weighted by Gasteiger charge is -2.31. The van der Waals surface area contributed by atoms with Crippen molar-refractivity contribution in [2.75, 3.05) is 13.2 Å². The van der Waals surface area contributed by atoms with E-state index < -0.39 is 8.80 Å². The Morgan fingerprint density at radius 3 is 2.46 bits per heavy atom. The van der Waals surface area contributed by atoms with E-state index in [2.05, 4.69) is 0 Å². The number of hydrogen-bond acceptors (Lipinski definition) is 4. The molecule has 0 aliphatic carbocycles. The van der Waals surface area contributed by atoms with Crippen molar-refractivity contribution in [2.24, 2.45) is 0 Å². The summed E-state index contributed by atoms with van der Waals surface area (Å²) in [6.45, 7) is 4.85. The SMILES string of the molecule is CCO[Si]1(OCC)CCCC(=O)O1. The van der Waals surface area contributed by atoms with Crippen LogP contribution in [0.1, 0.15) is 26.7 Å². The molecule has 1 heterocycles. The number of rotatable bonds is 4. The average Bonchev–Trinajstić information content (AvgIpc) is 2.04. The summed E-state index contributed by atoms with van der Waals surface area (Å²) in [7, 11) is -2.60. The molecule has 5 heteroatoms. The summed E-state index contributed by atoms with van der Waals surface area (Å²) >= 11 is 0. The lowest BCUT2D eigenvalue weighted by Crippen LogP contribution is -2.49. The third-order valence-corrected chi connectivity index (χ3v) is 4.82. The van der Waals surface area contributed by atoms with Crippen molar-refractivity contribution < 1.29 is 18.1 Å². The first-order valence-electron chi connectivity index (χ1n) is 4.72. The number of hydrogen-bond donors (Lipinski definition) is 0. The van der Waals surface area contributed by atoms with Crippen LogP contribution in [0.25, 0.3) is 0 Å².